The predicted octanol–water partition coefficient (Wildman–Crippen LogP) is 2.55. The molecule has 8 heteroatoms. The lowest BCUT2D eigenvalue weighted by Crippen LogP contribution is -2.36. The predicted molar refractivity (Wildman–Crippen MR) is 78.0 cm³/mol. The minimum Gasteiger partial charge on any atom is -0.481 e. The largest absolute Gasteiger partial charge is 0.481 e. The van der Waals surface area contributed by atoms with E-state index in [4.69, 9.17) is 5.11 Å². The molecule has 108 valence electrons. The number of nitrogens with zero attached hydrogens (tertiary/aromatic N) is 1. The third kappa shape index (κ3) is 3.77. The molecule has 1 rings (SSSR count). The molecule has 1 aromatic rings. The van der Waals surface area contributed by atoms with E-state index in [9.17, 15) is 13.2 Å². The van der Waals surface area contributed by atoms with Gasteiger partial charge in [-0.3, -0.25) is 4.79 Å². The molecule has 0 aliphatic heterocycles. The van der Waals surface area contributed by atoms with Crippen LogP contribution in [0.25, 0.3) is 0 Å². The SMILES string of the molecule is CCN(CC(C)C(=O)O)S(=O)(=O)c1cc(C)c(Br)s1. The van der Waals surface area contributed by atoms with Gasteiger partial charge in [-0.1, -0.05) is 13.8 Å². The summed E-state index contributed by atoms with van der Waals surface area (Å²) in [5.41, 5.74) is 0.853. The Balaban J connectivity index is 3.05. The first-order chi connectivity index (χ1) is 8.70. The molecule has 0 fully saturated rings. The normalized spacial score (nSPS) is 13.7. The summed E-state index contributed by atoms with van der Waals surface area (Å²) < 4.78 is 27.0. The van der Waals surface area contributed by atoms with Gasteiger partial charge in [0, 0.05) is 13.1 Å². The third-order valence-electron chi connectivity index (χ3n) is 2.68. The zero-order valence-electron chi connectivity index (χ0n) is 10.9. The first kappa shape index (κ1) is 16.6. The van der Waals surface area contributed by atoms with Crippen LogP contribution < -0.4 is 0 Å². The molecular weight excluding hydrogens is 354 g/mol. The third-order valence-corrected chi connectivity index (χ3v) is 7.21. The number of sulfonamides is 1. The number of carbonyl (C=O) groups is 1. The van der Waals surface area contributed by atoms with Gasteiger partial charge in [-0.2, -0.15) is 4.31 Å². The Hall–Kier alpha value is -0.440. The molecular formula is C11H16BrNO4S2. The number of hydrogen-bond acceptors (Lipinski definition) is 4. The van der Waals surface area contributed by atoms with E-state index in [0.717, 1.165) is 20.7 Å². The molecule has 19 heavy (non-hydrogen) atoms. The molecule has 0 bridgehead atoms. The van der Waals surface area contributed by atoms with Crippen LogP contribution in [0.3, 0.4) is 0 Å². The molecule has 1 aromatic heterocycles. The second-order valence-corrected chi connectivity index (χ2v) is 8.75. The van der Waals surface area contributed by atoms with Crippen LogP contribution in [-0.4, -0.2) is 36.9 Å². The topological polar surface area (TPSA) is 74.7 Å². The maximum atomic E-state index is 12.4. The van der Waals surface area contributed by atoms with E-state index >= 15 is 0 Å². The Morgan fingerprint density at radius 3 is 2.53 bits per heavy atom. The fourth-order valence-electron chi connectivity index (χ4n) is 1.47. The number of hydrogen-bond donors (Lipinski definition) is 1. The van der Waals surface area contributed by atoms with Gasteiger partial charge in [-0.15, -0.1) is 11.3 Å². The van der Waals surface area contributed by atoms with Crippen molar-refractivity contribution in [2.75, 3.05) is 13.1 Å². The van der Waals surface area contributed by atoms with Crippen LogP contribution in [-0.2, 0) is 14.8 Å². The summed E-state index contributed by atoms with van der Waals surface area (Å²) in [6.07, 6.45) is 0. The Morgan fingerprint density at radius 1 is 1.58 bits per heavy atom. The monoisotopic (exact) mass is 369 g/mol. The van der Waals surface area contributed by atoms with Gasteiger partial charge >= 0.3 is 5.97 Å². The summed E-state index contributed by atoms with van der Waals surface area (Å²) >= 11 is 4.44. The van der Waals surface area contributed by atoms with Gasteiger partial charge in [0.25, 0.3) is 10.0 Å². The van der Waals surface area contributed by atoms with Crippen LogP contribution in [0.5, 0.6) is 0 Å². The van der Waals surface area contributed by atoms with Gasteiger partial charge in [-0.25, -0.2) is 8.42 Å². The quantitative estimate of drug-likeness (QED) is 0.835. The lowest BCUT2D eigenvalue weighted by atomic mass is 10.2. The summed E-state index contributed by atoms with van der Waals surface area (Å²) in [6.45, 7) is 5.23. The minimum atomic E-state index is -3.62. The molecule has 0 saturated carbocycles. The molecule has 1 atom stereocenters. The van der Waals surface area contributed by atoms with Crippen molar-refractivity contribution in [2.45, 2.75) is 25.0 Å². The van der Waals surface area contributed by atoms with Crippen molar-refractivity contribution in [3.8, 4) is 0 Å². The highest BCUT2D eigenvalue weighted by Crippen LogP contribution is 2.32. The van der Waals surface area contributed by atoms with Gasteiger partial charge in [0.2, 0.25) is 0 Å². The Morgan fingerprint density at radius 2 is 2.16 bits per heavy atom. The number of carboxylic acids is 1. The van der Waals surface area contributed by atoms with Crippen LogP contribution in [0.2, 0.25) is 0 Å². The molecule has 1 heterocycles. The smallest absolute Gasteiger partial charge is 0.307 e. The fourth-order valence-corrected chi connectivity index (χ4v) is 5.39. The van der Waals surface area contributed by atoms with E-state index in [-0.39, 0.29) is 17.3 Å². The average molecular weight is 370 g/mol. The van der Waals surface area contributed by atoms with Crippen molar-refractivity contribution in [2.24, 2.45) is 5.92 Å². The maximum Gasteiger partial charge on any atom is 0.307 e. The minimum absolute atomic E-state index is 0.0251. The highest BCUT2D eigenvalue weighted by molar-refractivity contribution is 9.11. The molecule has 1 unspecified atom stereocenters. The first-order valence-corrected chi connectivity index (χ1v) is 8.74. The van der Waals surface area contributed by atoms with Crippen molar-refractivity contribution >= 4 is 43.3 Å². The van der Waals surface area contributed by atoms with E-state index in [1.165, 1.54) is 11.2 Å². The van der Waals surface area contributed by atoms with Gasteiger partial charge in [0.05, 0.1) is 9.70 Å². The van der Waals surface area contributed by atoms with Crippen LogP contribution in [0.15, 0.2) is 14.1 Å². The first-order valence-electron chi connectivity index (χ1n) is 5.69. The van der Waals surface area contributed by atoms with E-state index < -0.39 is 21.9 Å². The molecule has 0 aliphatic rings. The Bertz CT molecular complexity index is 548. The summed E-state index contributed by atoms with van der Waals surface area (Å²) in [6, 6.07) is 1.60. The standard InChI is InChI=1S/C11H16BrNO4S2/c1-4-13(6-8(3)11(14)15)19(16,17)9-5-7(2)10(12)18-9/h5,8H,4,6H2,1-3H3,(H,14,15). The van der Waals surface area contributed by atoms with Crippen LogP contribution >= 0.6 is 27.3 Å². The van der Waals surface area contributed by atoms with Crippen LogP contribution in [0.1, 0.15) is 19.4 Å². The second-order valence-electron chi connectivity index (χ2n) is 4.22. The lowest BCUT2D eigenvalue weighted by Gasteiger charge is -2.21. The number of thiophene rings is 1. The van der Waals surface area contributed by atoms with Crippen molar-refractivity contribution in [3.05, 3.63) is 15.4 Å². The zero-order chi connectivity index (χ0) is 14.8. The number of carboxylic acid groups (broad SMARTS) is 1. The van der Waals surface area contributed by atoms with Crippen molar-refractivity contribution in [1.82, 2.24) is 4.31 Å². The molecule has 0 aliphatic carbocycles. The lowest BCUT2D eigenvalue weighted by molar-refractivity contribution is -0.141. The summed E-state index contributed by atoms with van der Waals surface area (Å²) in [5, 5.41) is 8.88. The van der Waals surface area contributed by atoms with E-state index in [2.05, 4.69) is 15.9 Å². The number of aliphatic carboxylic acids is 1. The number of aryl methyl sites for hydroxylation is 1. The summed E-state index contributed by atoms with van der Waals surface area (Å²) in [4.78, 5) is 10.8. The van der Waals surface area contributed by atoms with Gasteiger partial charge < -0.3 is 5.11 Å². The molecule has 1 N–H and O–H groups in total. The van der Waals surface area contributed by atoms with E-state index in [1.807, 2.05) is 6.92 Å². The maximum absolute atomic E-state index is 12.4. The highest BCUT2D eigenvalue weighted by atomic mass is 79.9. The molecule has 0 radical (unpaired) electrons. The second kappa shape index (κ2) is 6.34. The van der Waals surface area contributed by atoms with Gasteiger partial charge in [0.1, 0.15) is 4.21 Å². The van der Waals surface area contributed by atoms with Gasteiger partial charge in [-0.05, 0) is 34.5 Å². The van der Waals surface area contributed by atoms with E-state index in [1.54, 1.807) is 13.0 Å². The Kier molecular flexibility index (Phi) is 5.54. The Labute approximate surface area is 125 Å². The van der Waals surface area contributed by atoms with Crippen molar-refractivity contribution in [1.29, 1.82) is 0 Å². The summed E-state index contributed by atoms with van der Waals surface area (Å²) in [5.74, 6) is -1.74. The fraction of sp³-hybridized carbons (Fsp3) is 0.545. The summed E-state index contributed by atoms with van der Waals surface area (Å²) in [7, 11) is -3.62. The van der Waals surface area contributed by atoms with Gasteiger partial charge in [0.15, 0.2) is 0 Å². The van der Waals surface area contributed by atoms with Crippen molar-refractivity contribution in [3.63, 3.8) is 0 Å². The number of rotatable bonds is 6. The van der Waals surface area contributed by atoms with Crippen molar-refractivity contribution < 1.29 is 18.3 Å². The van der Waals surface area contributed by atoms with Crippen LogP contribution in [0, 0.1) is 12.8 Å². The molecule has 0 aromatic carbocycles. The molecule has 0 spiro atoms. The average Bonchev–Trinajstić information content (AvgIpc) is 2.66. The zero-order valence-corrected chi connectivity index (χ0v) is 14.1. The van der Waals surface area contributed by atoms with Crippen LogP contribution in [0.4, 0.5) is 0 Å². The molecule has 0 saturated heterocycles. The molecule has 5 nitrogen and oxygen atoms in total. The number of halogens is 1. The molecule has 0 amide bonds. The van der Waals surface area contributed by atoms with E-state index in [0.29, 0.717) is 0 Å². The highest BCUT2D eigenvalue weighted by Gasteiger charge is 2.28.